The molecule has 2 heterocycles. The standard InChI is InChI=1S/C23H23N3O4S2/c1-4-16-7-12-20-21(14-16)31-23(24-20)26(15-18-6-5-13-30-18)22(27)17-8-10-19(11-9-17)32(28,29)25(2)3/h5-14H,4,15H2,1-3H3. The summed E-state index contributed by atoms with van der Waals surface area (Å²) in [5.74, 6) is 0.337. The van der Waals surface area contributed by atoms with Gasteiger partial charge in [-0.2, -0.15) is 0 Å². The molecule has 0 fully saturated rings. The van der Waals surface area contributed by atoms with Crippen LogP contribution in [0.15, 0.2) is 70.2 Å². The van der Waals surface area contributed by atoms with Gasteiger partial charge in [0.05, 0.1) is 27.9 Å². The van der Waals surface area contributed by atoms with Gasteiger partial charge in [0.25, 0.3) is 5.91 Å². The van der Waals surface area contributed by atoms with Crippen LogP contribution in [-0.4, -0.2) is 37.7 Å². The van der Waals surface area contributed by atoms with Gasteiger partial charge in [0.15, 0.2) is 5.13 Å². The maximum atomic E-state index is 13.5. The molecule has 0 saturated carbocycles. The summed E-state index contributed by atoms with van der Waals surface area (Å²) in [6.07, 6.45) is 2.48. The van der Waals surface area contributed by atoms with Crippen molar-refractivity contribution < 1.29 is 17.6 Å². The number of rotatable bonds is 7. The molecule has 0 unspecified atom stereocenters. The number of hydrogen-bond acceptors (Lipinski definition) is 6. The van der Waals surface area contributed by atoms with E-state index < -0.39 is 10.0 Å². The summed E-state index contributed by atoms with van der Waals surface area (Å²) in [5, 5.41) is 0.555. The number of hydrogen-bond donors (Lipinski definition) is 0. The first-order valence-electron chi connectivity index (χ1n) is 10.1. The van der Waals surface area contributed by atoms with Crippen LogP contribution in [0, 0.1) is 0 Å². The first-order chi connectivity index (χ1) is 15.3. The highest BCUT2D eigenvalue weighted by atomic mass is 32.2. The van der Waals surface area contributed by atoms with Gasteiger partial charge in [-0.3, -0.25) is 9.69 Å². The highest BCUT2D eigenvalue weighted by Crippen LogP contribution is 2.32. The van der Waals surface area contributed by atoms with Gasteiger partial charge in [-0.15, -0.1) is 0 Å². The summed E-state index contributed by atoms with van der Waals surface area (Å²) in [4.78, 5) is 19.8. The van der Waals surface area contributed by atoms with Gasteiger partial charge in [-0.25, -0.2) is 17.7 Å². The van der Waals surface area contributed by atoms with E-state index in [1.807, 2.05) is 12.1 Å². The summed E-state index contributed by atoms with van der Waals surface area (Å²) >= 11 is 1.44. The fraction of sp³-hybridized carbons (Fsp3) is 0.217. The van der Waals surface area contributed by atoms with Crippen LogP contribution in [-0.2, 0) is 23.0 Å². The Balaban J connectivity index is 1.71. The molecule has 1 amide bonds. The Morgan fingerprint density at radius 1 is 1.09 bits per heavy atom. The van der Waals surface area contributed by atoms with Crippen LogP contribution in [0.3, 0.4) is 0 Å². The molecule has 0 aliphatic carbocycles. The first kappa shape index (κ1) is 22.2. The summed E-state index contributed by atoms with van der Waals surface area (Å²) in [6, 6.07) is 15.6. The molecule has 0 saturated heterocycles. The first-order valence-corrected chi connectivity index (χ1v) is 12.3. The number of anilines is 1. The second-order valence-corrected chi connectivity index (χ2v) is 10.6. The highest BCUT2D eigenvalue weighted by molar-refractivity contribution is 7.89. The topological polar surface area (TPSA) is 83.7 Å². The third-order valence-electron chi connectivity index (χ3n) is 5.10. The van der Waals surface area contributed by atoms with Gasteiger partial charge in [0.1, 0.15) is 5.76 Å². The van der Waals surface area contributed by atoms with Gasteiger partial charge >= 0.3 is 0 Å². The number of fused-ring (bicyclic) bond motifs is 1. The Morgan fingerprint density at radius 2 is 1.84 bits per heavy atom. The second-order valence-electron chi connectivity index (χ2n) is 7.43. The molecule has 32 heavy (non-hydrogen) atoms. The minimum Gasteiger partial charge on any atom is -0.467 e. The Hall–Kier alpha value is -3.01. The van der Waals surface area contributed by atoms with Crippen LogP contribution in [0.25, 0.3) is 10.2 Å². The lowest BCUT2D eigenvalue weighted by Gasteiger charge is -2.19. The molecular formula is C23H23N3O4S2. The molecule has 166 valence electrons. The number of carbonyl (C=O) groups is 1. The van der Waals surface area contributed by atoms with Crippen LogP contribution in [0.4, 0.5) is 5.13 Å². The molecule has 0 atom stereocenters. The van der Waals surface area contributed by atoms with Gasteiger partial charge in [-0.1, -0.05) is 24.3 Å². The highest BCUT2D eigenvalue weighted by Gasteiger charge is 2.24. The number of thiazole rings is 1. The smallest absolute Gasteiger partial charge is 0.260 e. The number of aryl methyl sites for hydroxylation is 1. The van der Waals surface area contributed by atoms with E-state index in [9.17, 15) is 13.2 Å². The quantitative estimate of drug-likeness (QED) is 0.397. The third kappa shape index (κ3) is 4.32. The minimum atomic E-state index is -3.57. The molecular weight excluding hydrogens is 446 g/mol. The number of amides is 1. The second kappa shape index (κ2) is 8.85. The summed E-state index contributed by atoms with van der Waals surface area (Å²) in [6.45, 7) is 2.31. The predicted molar refractivity (Wildman–Crippen MR) is 126 cm³/mol. The van der Waals surface area contributed by atoms with Crippen molar-refractivity contribution in [2.75, 3.05) is 19.0 Å². The van der Waals surface area contributed by atoms with Crippen molar-refractivity contribution in [1.82, 2.24) is 9.29 Å². The SMILES string of the molecule is CCc1ccc2nc(N(Cc3ccco3)C(=O)c3ccc(S(=O)(=O)N(C)C)cc3)sc2c1. The van der Waals surface area contributed by atoms with Gasteiger partial charge < -0.3 is 4.42 Å². The third-order valence-corrected chi connectivity index (χ3v) is 7.97. The average molecular weight is 470 g/mol. The molecule has 2 aromatic heterocycles. The Kier molecular flexibility index (Phi) is 6.14. The largest absolute Gasteiger partial charge is 0.467 e. The van der Waals surface area contributed by atoms with E-state index in [0.29, 0.717) is 16.5 Å². The van der Waals surface area contributed by atoms with Crippen molar-refractivity contribution in [3.8, 4) is 0 Å². The van der Waals surface area contributed by atoms with Crippen molar-refractivity contribution >= 4 is 42.6 Å². The van der Waals surface area contributed by atoms with Gasteiger partial charge in [0.2, 0.25) is 10.0 Å². The van der Waals surface area contributed by atoms with Crippen molar-refractivity contribution in [1.29, 1.82) is 0 Å². The maximum absolute atomic E-state index is 13.5. The molecule has 0 N–H and O–H groups in total. The number of sulfonamides is 1. The summed E-state index contributed by atoms with van der Waals surface area (Å²) < 4.78 is 32.3. The molecule has 7 nitrogen and oxygen atoms in total. The molecule has 0 radical (unpaired) electrons. The Labute approximate surface area is 191 Å². The number of furan rings is 1. The number of aromatic nitrogens is 1. The molecule has 4 rings (SSSR count). The van der Waals surface area contributed by atoms with E-state index in [4.69, 9.17) is 4.42 Å². The van der Waals surface area contributed by atoms with E-state index in [-0.39, 0.29) is 17.3 Å². The number of nitrogens with zero attached hydrogens (tertiary/aromatic N) is 3. The zero-order chi connectivity index (χ0) is 22.9. The van der Waals surface area contributed by atoms with Crippen LogP contribution < -0.4 is 4.90 Å². The van der Waals surface area contributed by atoms with Crippen LogP contribution in [0.5, 0.6) is 0 Å². The Bertz CT molecular complexity index is 1340. The van der Waals surface area contributed by atoms with Crippen LogP contribution in [0.1, 0.15) is 28.6 Å². The van der Waals surface area contributed by atoms with Crippen molar-refractivity contribution in [2.24, 2.45) is 0 Å². The van der Waals surface area contributed by atoms with Crippen LogP contribution >= 0.6 is 11.3 Å². The van der Waals surface area contributed by atoms with Crippen molar-refractivity contribution in [3.63, 3.8) is 0 Å². The molecule has 4 aromatic rings. The maximum Gasteiger partial charge on any atom is 0.260 e. The summed E-state index contributed by atoms with van der Waals surface area (Å²) in [5.41, 5.74) is 2.39. The molecule has 9 heteroatoms. The monoisotopic (exact) mass is 469 g/mol. The normalized spacial score (nSPS) is 11.9. The fourth-order valence-corrected chi connectivity index (χ4v) is 5.14. The van der Waals surface area contributed by atoms with E-state index in [0.717, 1.165) is 20.9 Å². The molecule has 2 aromatic carbocycles. The summed E-state index contributed by atoms with van der Waals surface area (Å²) in [7, 11) is -0.636. The molecule has 0 bridgehead atoms. The van der Waals surface area contributed by atoms with Crippen LogP contribution in [0.2, 0.25) is 0 Å². The predicted octanol–water partition coefficient (Wildman–Crippen LogP) is 4.55. The zero-order valence-electron chi connectivity index (χ0n) is 18.0. The van der Waals surface area contributed by atoms with E-state index in [1.165, 1.54) is 55.3 Å². The Morgan fingerprint density at radius 3 is 2.47 bits per heavy atom. The van der Waals surface area contributed by atoms with E-state index in [2.05, 4.69) is 18.0 Å². The zero-order valence-corrected chi connectivity index (χ0v) is 19.6. The fourth-order valence-electron chi connectivity index (χ4n) is 3.21. The van der Waals surface area contributed by atoms with Crippen molar-refractivity contribution in [2.45, 2.75) is 24.8 Å². The van der Waals surface area contributed by atoms with Gasteiger partial charge in [0, 0.05) is 19.7 Å². The lowest BCUT2D eigenvalue weighted by Crippen LogP contribution is -2.30. The van der Waals surface area contributed by atoms with Gasteiger partial charge in [-0.05, 0) is 60.5 Å². The average Bonchev–Trinajstić information content (AvgIpc) is 3.45. The molecule has 0 spiro atoms. The van der Waals surface area contributed by atoms with E-state index >= 15 is 0 Å². The number of benzene rings is 2. The molecule has 0 aliphatic heterocycles. The molecule has 0 aliphatic rings. The lowest BCUT2D eigenvalue weighted by molar-refractivity contribution is 0.0983. The number of carbonyl (C=O) groups excluding carboxylic acids is 1. The minimum absolute atomic E-state index is 0.128. The van der Waals surface area contributed by atoms with E-state index in [1.54, 1.807) is 23.3 Å². The van der Waals surface area contributed by atoms with Crippen molar-refractivity contribution in [3.05, 3.63) is 77.7 Å². The lowest BCUT2D eigenvalue weighted by atomic mass is 10.2.